The van der Waals surface area contributed by atoms with Crippen molar-refractivity contribution in [1.29, 1.82) is 0 Å². The number of aliphatic carboxylic acids is 1. The fourth-order valence-corrected chi connectivity index (χ4v) is 3.71. The molecule has 0 aliphatic carbocycles. The molecule has 0 fully saturated rings. The first-order chi connectivity index (χ1) is 14.4. The Balaban J connectivity index is 1.84. The first kappa shape index (κ1) is 22.2. The van der Waals surface area contributed by atoms with Gasteiger partial charge < -0.3 is 9.84 Å². The summed E-state index contributed by atoms with van der Waals surface area (Å²) >= 11 is 13.1. The van der Waals surface area contributed by atoms with Crippen LogP contribution in [0.3, 0.4) is 0 Å². The summed E-state index contributed by atoms with van der Waals surface area (Å²) in [4.78, 5) is 16.2. The molecule has 0 aliphatic rings. The van der Waals surface area contributed by atoms with Gasteiger partial charge in [0.05, 0.1) is 0 Å². The van der Waals surface area contributed by atoms with E-state index in [1.807, 2.05) is 25.1 Å². The third kappa shape index (κ3) is 6.26. The number of thioether (sulfide) groups is 1. The van der Waals surface area contributed by atoms with Crippen LogP contribution in [0.15, 0.2) is 52.5 Å². The number of ether oxygens (including phenoxy) is 1. The lowest BCUT2D eigenvalue weighted by atomic mass is 10.2. The Kier molecular flexibility index (Phi) is 7.79. The minimum Gasteiger partial charge on any atom is -0.488 e. The van der Waals surface area contributed by atoms with Gasteiger partial charge in [0.15, 0.2) is 0 Å². The molecule has 2 N–H and O–H groups in total. The van der Waals surface area contributed by atoms with E-state index in [9.17, 15) is 9.90 Å². The summed E-state index contributed by atoms with van der Waals surface area (Å²) < 4.78 is 5.90. The Morgan fingerprint density at radius 1 is 1.23 bits per heavy atom. The van der Waals surface area contributed by atoms with Crippen LogP contribution in [-0.2, 0) is 17.8 Å². The molecule has 3 aromatic rings. The van der Waals surface area contributed by atoms with Crippen molar-refractivity contribution >= 4 is 47.0 Å². The Bertz CT molecular complexity index is 1070. The molecule has 1 aromatic heterocycles. The van der Waals surface area contributed by atoms with Crippen LogP contribution < -0.4 is 4.74 Å². The number of aryl methyl sites for hydroxylation is 1. The van der Waals surface area contributed by atoms with Crippen molar-refractivity contribution < 1.29 is 14.6 Å². The predicted octanol–water partition coefficient (Wildman–Crippen LogP) is 5.86. The molecule has 0 amide bonds. The Morgan fingerprint density at radius 2 is 2.03 bits per heavy atom. The van der Waals surface area contributed by atoms with Crippen molar-refractivity contribution in [2.24, 2.45) is 0 Å². The molecule has 0 aliphatic heterocycles. The van der Waals surface area contributed by atoms with E-state index in [-0.39, 0.29) is 11.5 Å². The van der Waals surface area contributed by atoms with Crippen molar-refractivity contribution in [3.63, 3.8) is 0 Å². The van der Waals surface area contributed by atoms with Gasteiger partial charge in [0.25, 0.3) is 0 Å². The van der Waals surface area contributed by atoms with Gasteiger partial charge in [-0.05, 0) is 60.2 Å². The molecule has 156 valence electrons. The van der Waals surface area contributed by atoms with Gasteiger partial charge in [-0.3, -0.25) is 5.10 Å². The molecule has 0 spiro atoms. The molecule has 0 unspecified atom stereocenters. The molecule has 9 heteroatoms. The molecular formula is C21H19Cl2N3O3S. The number of rotatable bonds is 9. The number of benzene rings is 2. The highest BCUT2D eigenvalue weighted by molar-refractivity contribution is 8.04. The number of aromatic nitrogens is 3. The number of aromatic amines is 1. The predicted molar refractivity (Wildman–Crippen MR) is 119 cm³/mol. The second-order valence-corrected chi connectivity index (χ2v) is 8.21. The maximum absolute atomic E-state index is 11.8. The monoisotopic (exact) mass is 463 g/mol. The highest BCUT2D eigenvalue weighted by Crippen LogP contribution is 2.31. The number of hydrogen-bond acceptors (Lipinski definition) is 5. The van der Waals surface area contributed by atoms with Crippen molar-refractivity contribution in [2.75, 3.05) is 0 Å². The second-order valence-electron chi connectivity index (χ2n) is 6.33. The van der Waals surface area contributed by atoms with Crippen molar-refractivity contribution in [3.8, 4) is 5.75 Å². The summed E-state index contributed by atoms with van der Waals surface area (Å²) in [7, 11) is 0. The van der Waals surface area contributed by atoms with Crippen LogP contribution in [0.4, 0.5) is 0 Å². The Hall–Kier alpha value is -2.48. The highest BCUT2D eigenvalue weighted by atomic mass is 35.5. The number of carboxylic acids is 1. The fourth-order valence-electron chi connectivity index (χ4n) is 2.60. The van der Waals surface area contributed by atoms with E-state index >= 15 is 0 Å². The highest BCUT2D eigenvalue weighted by Gasteiger charge is 2.15. The SMILES string of the molecule is CCCc1nc(S/C(=C\c2cc(Cl)ccc2OCc2cccc(Cl)c2)C(=O)O)n[nH]1. The molecular weight excluding hydrogens is 445 g/mol. The van der Waals surface area contributed by atoms with Crippen molar-refractivity contribution in [1.82, 2.24) is 15.2 Å². The summed E-state index contributed by atoms with van der Waals surface area (Å²) in [6.45, 7) is 2.31. The zero-order chi connectivity index (χ0) is 21.5. The van der Waals surface area contributed by atoms with Gasteiger partial charge in [-0.25, -0.2) is 9.78 Å². The molecule has 3 rings (SSSR count). The summed E-state index contributed by atoms with van der Waals surface area (Å²) in [5.74, 6) is 0.126. The lowest BCUT2D eigenvalue weighted by molar-refractivity contribution is -0.131. The first-order valence-corrected chi connectivity index (χ1v) is 10.7. The normalized spacial score (nSPS) is 11.5. The maximum atomic E-state index is 11.8. The Labute approximate surface area is 188 Å². The quantitative estimate of drug-likeness (QED) is 0.305. The minimum atomic E-state index is -1.09. The molecule has 6 nitrogen and oxygen atoms in total. The summed E-state index contributed by atoms with van der Waals surface area (Å²) in [5, 5.41) is 18.0. The zero-order valence-corrected chi connectivity index (χ0v) is 18.4. The average Bonchev–Trinajstić information content (AvgIpc) is 3.14. The molecule has 0 radical (unpaired) electrons. The number of carbonyl (C=O) groups is 1. The third-order valence-electron chi connectivity index (χ3n) is 3.95. The van der Waals surface area contributed by atoms with E-state index < -0.39 is 5.97 Å². The fraction of sp³-hybridized carbons (Fsp3) is 0.190. The minimum absolute atomic E-state index is 0.0481. The summed E-state index contributed by atoms with van der Waals surface area (Å²) in [6, 6.07) is 12.4. The second kappa shape index (κ2) is 10.5. The van der Waals surface area contributed by atoms with Crippen LogP contribution in [0.1, 0.15) is 30.3 Å². The number of hydrogen-bond donors (Lipinski definition) is 2. The third-order valence-corrected chi connectivity index (χ3v) is 5.30. The van der Waals surface area contributed by atoms with Crippen LogP contribution in [0.25, 0.3) is 6.08 Å². The van der Waals surface area contributed by atoms with Crippen LogP contribution in [0, 0.1) is 0 Å². The van der Waals surface area contributed by atoms with Gasteiger partial charge in [-0.1, -0.05) is 42.3 Å². The van der Waals surface area contributed by atoms with E-state index in [2.05, 4.69) is 15.2 Å². The smallest absolute Gasteiger partial charge is 0.342 e. The van der Waals surface area contributed by atoms with Crippen LogP contribution in [0.5, 0.6) is 5.75 Å². The Morgan fingerprint density at radius 3 is 2.77 bits per heavy atom. The van der Waals surface area contributed by atoms with Crippen LogP contribution in [-0.4, -0.2) is 26.3 Å². The summed E-state index contributed by atoms with van der Waals surface area (Å²) in [6.07, 6.45) is 3.16. The molecule has 0 bridgehead atoms. The molecule has 0 atom stereocenters. The van der Waals surface area contributed by atoms with Crippen molar-refractivity contribution in [2.45, 2.75) is 31.5 Å². The topological polar surface area (TPSA) is 88.1 Å². The standard InChI is InChI=1S/C21H19Cl2N3O3S/c1-2-4-19-24-21(26-25-19)30-18(20(27)28)11-14-10-16(23)7-8-17(14)29-12-13-5-3-6-15(22)9-13/h3,5-11H,2,4,12H2,1H3,(H,27,28)(H,24,25,26)/b18-11-. The summed E-state index contributed by atoms with van der Waals surface area (Å²) in [5.41, 5.74) is 1.43. The zero-order valence-electron chi connectivity index (χ0n) is 16.1. The number of nitrogens with one attached hydrogen (secondary N) is 1. The van der Waals surface area contributed by atoms with Gasteiger partial charge in [-0.2, -0.15) is 0 Å². The van der Waals surface area contributed by atoms with Gasteiger partial charge in [0.1, 0.15) is 23.1 Å². The van der Waals surface area contributed by atoms with E-state index in [1.165, 1.54) is 6.08 Å². The molecule has 0 saturated heterocycles. The van der Waals surface area contributed by atoms with Crippen LogP contribution in [0.2, 0.25) is 10.0 Å². The number of H-pyrrole nitrogens is 1. The van der Waals surface area contributed by atoms with Gasteiger partial charge in [-0.15, -0.1) is 5.10 Å². The first-order valence-electron chi connectivity index (χ1n) is 9.15. The van der Waals surface area contributed by atoms with Gasteiger partial charge in [0, 0.05) is 22.0 Å². The van der Waals surface area contributed by atoms with E-state index in [0.29, 0.717) is 26.5 Å². The lowest BCUT2D eigenvalue weighted by Crippen LogP contribution is -2.00. The largest absolute Gasteiger partial charge is 0.488 e. The maximum Gasteiger partial charge on any atom is 0.342 e. The number of halogens is 2. The lowest BCUT2D eigenvalue weighted by Gasteiger charge is -2.11. The van der Waals surface area contributed by atoms with E-state index in [4.69, 9.17) is 27.9 Å². The molecule has 0 saturated carbocycles. The number of nitrogens with zero attached hydrogens (tertiary/aromatic N) is 2. The van der Waals surface area contributed by atoms with Gasteiger partial charge >= 0.3 is 5.97 Å². The van der Waals surface area contributed by atoms with Crippen molar-refractivity contribution in [3.05, 3.63) is 74.4 Å². The molecule has 30 heavy (non-hydrogen) atoms. The van der Waals surface area contributed by atoms with Crippen LogP contribution >= 0.6 is 35.0 Å². The van der Waals surface area contributed by atoms with E-state index in [1.54, 1.807) is 24.3 Å². The molecule has 2 aromatic carbocycles. The van der Waals surface area contributed by atoms with E-state index in [0.717, 1.165) is 36.0 Å². The van der Waals surface area contributed by atoms with Gasteiger partial charge in [0.2, 0.25) is 5.16 Å². The number of carboxylic acid groups (broad SMARTS) is 1. The average molecular weight is 464 g/mol. The molecule has 1 heterocycles.